The molecule has 0 unspecified atom stereocenters. The van der Waals surface area contributed by atoms with E-state index in [9.17, 15) is 13.2 Å². The normalized spacial score (nSPS) is 11.2. The van der Waals surface area contributed by atoms with E-state index in [4.69, 9.17) is 5.73 Å². The summed E-state index contributed by atoms with van der Waals surface area (Å²) >= 11 is 3.82. The number of benzene rings is 1. The number of rotatable bonds is 3. The lowest BCUT2D eigenvalue weighted by molar-refractivity contribution is 0.487. The zero-order valence-electron chi connectivity index (χ0n) is 9.12. The van der Waals surface area contributed by atoms with Gasteiger partial charge in [-0.2, -0.15) is 5.10 Å². The number of aromatic nitrogens is 1. The first kappa shape index (κ1) is 13.8. The minimum absolute atomic E-state index is 0.206. The van der Waals surface area contributed by atoms with Crippen molar-refractivity contribution in [3.8, 4) is 0 Å². The third-order valence-corrected chi connectivity index (χ3v) is 3.48. The molecule has 0 saturated carbocycles. The Hall–Kier alpha value is -1.61. The SMILES string of the molecule is Nc1csc(NN=Cc2cc(F)c(F)c(Br)c2F)n1. The molecule has 2 rings (SSSR count). The summed E-state index contributed by atoms with van der Waals surface area (Å²) in [7, 11) is 0. The molecule has 19 heavy (non-hydrogen) atoms. The van der Waals surface area contributed by atoms with Gasteiger partial charge in [-0.25, -0.2) is 18.2 Å². The number of hydrogen-bond acceptors (Lipinski definition) is 5. The van der Waals surface area contributed by atoms with E-state index in [-0.39, 0.29) is 5.56 Å². The van der Waals surface area contributed by atoms with E-state index in [0.29, 0.717) is 17.0 Å². The maximum absolute atomic E-state index is 13.6. The first-order valence-electron chi connectivity index (χ1n) is 4.82. The number of anilines is 2. The zero-order chi connectivity index (χ0) is 14.0. The molecule has 0 bridgehead atoms. The van der Waals surface area contributed by atoms with Gasteiger partial charge in [-0.3, -0.25) is 5.43 Å². The van der Waals surface area contributed by atoms with E-state index < -0.39 is 21.9 Å². The Balaban J connectivity index is 2.19. The molecule has 0 aliphatic rings. The average Bonchev–Trinajstić information content (AvgIpc) is 2.79. The molecule has 0 aliphatic carbocycles. The minimum atomic E-state index is -1.28. The molecule has 0 saturated heterocycles. The fourth-order valence-electron chi connectivity index (χ4n) is 1.18. The van der Waals surface area contributed by atoms with Crippen LogP contribution in [0.4, 0.5) is 24.1 Å². The van der Waals surface area contributed by atoms with Crippen molar-refractivity contribution in [1.29, 1.82) is 0 Å². The van der Waals surface area contributed by atoms with Crippen molar-refractivity contribution in [3.05, 3.63) is 38.9 Å². The van der Waals surface area contributed by atoms with Gasteiger partial charge in [0, 0.05) is 10.9 Å². The van der Waals surface area contributed by atoms with Crippen LogP contribution in [0.1, 0.15) is 5.56 Å². The molecule has 4 nitrogen and oxygen atoms in total. The molecule has 100 valence electrons. The van der Waals surface area contributed by atoms with Crippen LogP contribution in [-0.4, -0.2) is 11.2 Å². The summed E-state index contributed by atoms with van der Waals surface area (Å²) in [6, 6.07) is 0.705. The molecular formula is C10H6BrF3N4S. The van der Waals surface area contributed by atoms with Crippen molar-refractivity contribution in [1.82, 2.24) is 4.98 Å². The highest BCUT2D eigenvalue weighted by Gasteiger charge is 2.15. The molecule has 1 aromatic carbocycles. The number of nitrogens with two attached hydrogens (primary N) is 1. The van der Waals surface area contributed by atoms with Crippen LogP contribution in [0.15, 0.2) is 21.0 Å². The van der Waals surface area contributed by atoms with Gasteiger partial charge in [0.05, 0.1) is 10.7 Å². The maximum atomic E-state index is 13.6. The summed E-state index contributed by atoms with van der Waals surface area (Å²) in [5.41, 5.74) is 7.68. The highest BCUT2D eigenvalue weighted by molar-refractivity contribution is 9.10. The number of halogens is 4. The standard InChI is InChI=1S/C10H6BrF3N4S/c11-7-8(13)4(1-5(12)9(7)14)2-16-18-10-17-6(15)3-19-10/h1-3H,15H2,(H,17,18). The van der Waals surface area contributed by atoms with E-state index in [1.807, 2.05) is 0 Å². The highest BCUT2D eigenvalue weighted by Crippen LogP contribution is 2.24. The van der Waals surface area contributed by atoms with Crippen molar-refractivity contribution < 1.29 is 13.2 Å². The number of nitrogens with zero attached hydrogens (tertiary/aromatic N) is 2. The Kier molecular flexibility index (Phi) is 4.05. The second-order valence-corrected chi connectivity index (χ2v) is 4.99. The van der Waals surface area contributed by atoms with E-state index in [2.05, 4.69) is 31.4 Å². The summed E-state index contributed by atoms with van der Waals surface area (Å²) in [6.07, 6.45) is 1.01. The Labute approximate surface area is 118 Å². The second-order valence-electron chi connectivity index (χ2n) is 3.34. The maximum Gasteiger partial charge on any atom is 0.205 e. The van der Waals surface area contributed by atoms with Gasteiger partial charge < -0.3 is 5.73 Å². The van der Waals surface area contributed by atoms with Crippen LogP contribution < -0.4 is 11.2 Å². The van der Waals surface area contributed by atoms with E-state index in [0.717, 1.165) is 6.21 Å². The quantitative estimate of drug-likeness (QED) is 0.386. The van der Waals surface area contributed by atoms with E-state index in [1.165, 1.54) is 11.3 Å². The molecule has 0 spiro atoms. The molecule has 0 atom stereocenters. The predicted molar refractivity (Wildman–Crippen MR) is 71.8 cm³/mol. The van der Waals surface area contributed by atoms with Crippen molar-refractivity contribution in [2.75, 3.05) is 11.2 Å². The smallest absolute Gasteiger partial charge is 0.205 e. The lowest BCUT2D eigenvalue weighted by atomic mass is 10.2. The van der Waals surface area contributed by atoms with Crippen LogP contribution in [0.5, 0.6) is 0 Å². The van der Waals surface area contributed by atoms with E-state index >= 15 is 0 Å². The molecule has 2 aromatic rings. The van der Waals surface area contributed by atoms with Gasteiger partial charge in [0.25, 0.3) is 0 Å². The minimum Gasteiger partial charge on any atom is -0.383 e. The van der Waals surface area contributed by atoms with Crippen LogP contribution >= 0.6 is 27.3 Å². The van der Waals surface area contributed by atoms with Gasteiger partial charge in [0.15, 0.2) is 11.6 Å². The van der Waals surface area contributed by atoms with Crippen molar-refractivity contribution in [2.24, 2.45) is 5.10 Å². The van der Waals surface area contributed by atoms with Crippen LogP contribution in [0.25, 0.3) is 0 Å². The molecule has 0 aliphatic heterocycles. The fourth-order valence-corrected chi connectivity index (χ4v) is 2.15. The van der Waals surface area contributed by atoms with Crippen LogP contribution in [0.2, 0.25) is 0 Å². The van der Waals surface area contributed by atoms with Gasteiger partial charge in [0.2, 0.25) is 5.13 Å². The number of nitrogen functional groups attached to an aromatic ring is 1. The zero-order valence-corrected chi connectivity index (χ0v) is 11.5. The average molecular weight is 351 g/mol. The van der Waals surface area contributed by atoms with Crippen molar-refractivity contribution in [2.45, 2.75) is 0 Å². The number of thiazole rings is 1. The largest absolute Gasteiger partial charge is 0.383 e. The fraction of sp³-hybridized carbons (Fsp3) is 0. The topological polar surface area (TPSA) is 63.3 Å². The number of hydrazone groups is 1. The third kappa shape index (κ3) is 3.04. The first-order valence-corrected chi connectivity index (χ1v) is 6.49. The molecule has 3 N–H and O–H groups in total. The van der Waals surface area contributed by atoms with Gasteiger partial charge in [-0.1, -0.05) is 0 Å². The lowest BCUT2D eigenvalue weighted by Crippen LogP contribution is -1.98. The Morgan fingerprint density at radius 3 is 2.74 bits per heavy atom. The van der Waals surface area contributed by atoms with Crippen LogP contribution in [0, 0.1) is 17.5 Å². The molecule has 0 radical (unpaired) electrons. The molecule has 0 amide bonds. The summed E-state index contributed by atoms with van der Waals surface area (Å²) in [5.74, 6) is -3.07. The molecule has 1 aromatic heterocycles. The number of hydrogen-bond donors (Lipinski definition) is 2. The third-order valence-electron chi connectivity index (χ3n) is 2.02. The molecule has 9 heteroatoms. The predicted octanol–water partition coefficient (Wildman–Crippen LogP) is 3.35. The van der Waals surface area contributed by atoms with Gasteiger partial charge in [-0.05, 0) is 22.0 Å². The van der Waals surface area contributed by atoms with E-state index in [1.54, 1.807) is 5.38 Å². The lowest BCUT2D eigenvalue weighted by Gasteiger charge is -2.02. The van der Waals surface area contributed by atoms with Gasteiger partial charge in [-0.15, -0.1) is 11.3 Å². The van der Waals surface area contributed by atoms with Crippen molar-refractivity contribution >= 4 is 44.4 Å². The summed E-state index contributed by atoms with van der Waals surface area (Å²) in [6.45, 7) is 0. The molecule has 0 fully saturated rings. The Morgan fingerprint density at radius 1 is 1.37 bits per heavy atom. The van der Waals surface area contributed by atoms with Gasteiger partial charge >= 0.3 is 0 Å². The Bertz CT molecular complexity index is 644. The summed E-state index contributed by atoms with van der Waals surface area (Å²) < 4.78 is 39.1. The second kappa shape index (κ2) is 5.57. The van der Waals surface area contributed by atoms with Crippen LogP contribution in [-0.2, 0) is 0 Å². The number of nitrogens with one attached hydrogen (secondary N) is 1. The summed E-state index contributed by atoms with van der Waals surface area (Å²) in [5, 5.41) is 5.65. The Morgan fingerprint density at radius 2 is 2.11 bits per heavy atom. The van der Waals surface area contributed by atoms with Crippen molar-refractivity contribution in [3.63, 3.8) is 0 Å². The first-order chi connectivity index (χ1) is 8.99. The monoisotopic (exact) mass is 350 g/mol. The summed E-state index contributed by atoms with van der Waals surface area (Å²) in [4.78, 5) is 3.85. The molecule has 1 heterocycles. The highest BCUT2D eigenvalue weighted by atomic mass is 79.9. The van der Waals surface area contributed by atoms with Gasteiger partial charge in [0.1, 0.15) is 11.6 Å². The molecular weight excluding hydrogens is 345 g/mol. The van der Waals surface area contributed by atoms with Crippen LogP contribution in [0.3, 0.4) is 0 Å².